The fourth-order valence-corrected chi connectivity index (χ4v) is 3.03. The highest BCUT2D eigenvalue weighted by atomic mass is 35.5. The number of amides is 1. The third kappa shape index (κ3) is 2.57. The topological polar surface area (TPSA) is 23.6 Å². The molecule has 1 heterocycles. The average molecular weight is 279 g/mol. The molecule has 0 aromatic heterocycles. The summed E-state index contributed by atoms with van der Waals surface area (Å²) >= 11 is 6.21. The first-order valence-corrected chi connectivity index (χ1v) is 7.33. The van der Waals surface area contributed by atoms with Crippen LogP contribution in [0.4, 0.5) is 5.69 Å². The van der Waals surface area contributed by atoms with Crippen LogP contribution in [0.1, 0.15) is 13.3 Å². The van der Waals surface area contributed by atoms with Crippen LogP contribution in [0.2, 0.25) is 5.02 Å². The van der Waals surface area contributed by atoms with Crippen molar-refractivity contribution in [1.82, 2.24) is 4.90 Å². The van der Waals surface area contributed by atoms with Gasteiger partial charge in [-0.25, -0.2) is 0 Å². The van der Waals surface area contributed by atoms with Crippen molar-refractivity contribution < 1.29 is 4.79 Å². The summed E-state index contributed by atoms with van der Waals surface area (Å²) in [6, 6.07) is 7.91. The zero-order valence-corrected chi connectivity index (χ0v) is 11.9. The Labute approximate surface area is 119 Å². The maximum Gasteiger partial charge on any atom is 0.226 e. The van der Waals surface area contributed by atoms with Gasteiger partial charge in [-0.3, -0.25) is 4.79 Å². The van der Waals surface area contributed by atoms with E-state index < -0.39 is 0 Å². The van der Waals surface area contributed by atoms with E-state index in [2.05, 4.69) is 11.8 Å². The molecular weight excluding hydrogens is 260 g/mol. The molecule has 0 bridgehead atoms. The Morgan fingerprint density at radius 2 is 1.84 bits per heavy atom. The Morgan fingerprint density at radius 3 is 2.42 bits per heavy atom. The van der Waals surface area contributed by atoms with E-state index >= 15 is 0 Å². The van der Waals surface area contributed by atoms with Crippen molar-refractivity contribution in [2.45, 2.75) is 13.3 Å². The standard InChI is InChI=1S/C15H19ClN2O/c1-11-10-12(11)15(19)18-8-6-17(7-9-18)14-5-3-2-4-13(14)16/h2-5,11-12H,6-10H2,1H3/t11-,12+/m1/s1. The highest BCUT2D eigenvalue weighted by Crippen LogP contribution is 2.39. The fourth-order valence-electron chi connectivity index (χ4n) is 2.78. The number of nitrogens with zero attached hydrogens (tertiary/aromatic N) is 2. The summed E-state index contributed by atoms with van der Waals surface area (Å²) in [5, 5.41) is 0.790. The number of hydrogen-bond donors (Lipinski definition) is 0. The monoisotopic (exact) mass is 278 g/mol. The second-order valence-electron chi connectivity index (χ2n) is 5.58. The van der Waals surface area contributed by atoms with Crippen LogP contribution in [0.25, 0.3) is 0 Å². The lowest BCUT2D eigenvalue weighted by molar-refractivity contribution is -0.133. The number of anilines is 1. The van der Waals surface area contributed by atoms with E-state index in [0.717, 1.165) is 43.3 Å². The molecule has 1 aromatic carbocycles. The number of rotatable bonds is 2. The summed E-state index contributed by atoms with van der Waals surface area (Å²) < 4.78 is 0. The van der Waals surface area contributed by atoms with Gasteiger partial charge in [0.1, 0.15) is 0 Å². The molecule has 3 nitrogen and oxygen atoms in total. The van der Waals surface area contributed by atoms with Gasteiger partial charge in [-0.05, 0) is 24.5 Å². The number of benzene rings is 1. The van der Waals surface area contributed by atoms with Gasteiger partial charge in [0.2, 0.25) is 5.91 Å². The molecule has 0 radical (unpaired) electrons. The normalized spacial score (nSPS) is 26.4. The Balaban J connectivity index is 1.60. The van der Waals surface area contributed by atoms with Crippen LogP contribution >= 0.6 is 11.6 Å². The number of piperazine rings is 1. The van der Waals surface area contributed by atoms with Crippen molar-refractivity contribution in [2.75, 3.05) is 31.1 Å². The lowest BCUT2D eigenvalue weighted by atomic mass is 10.2. The molecule has 0 N–H and O–H groups in total. The smallest absolute Gasteiger partial charge is 0.226 e. The second kappa shape index (κ2) is 5.04. The number of para-hydroxylation sites is 1. The lowest BCUT2D eigenvalue weighted by Crippen LogP contribution is -2.49. The van der Waals surface area contributed by atoms with E-state index in [1.165, 1.54) is 0 Å². The molecule has 2 fully saturated rings. The molecule has 102 valence electrons. The van der Waals surface area contributed by atoms with Crippen molar-refractivity contribution in [3.8, 4) is 0 Å². The van der Waals surface area contributed by atoms with Crippen LogP contribution < -0.4 is 4.90 Å². The van der Waals surface area contributed by atoms with Crippen LogP contribution in [-0.2, 0) is 4.79 Å². The molecule has 4 heteroatoms. The van der Waals surface area contributed by atoms with E-state index in [1.807, 2.05) is 29.2 Å². The predicted octanol–water partition coefficient (Wildman–Crippen LogP) is 2.64. The van der Waals surface area contributed by atoms with Gasteiger partial charge in [0.05, 0.1) is 10.7 Å². The summed E-state index contributed by atoms with van der Waals surface area (Å²) in [5.41, 5.74) is 1.08. The van der Waals surface area contributed by atoms with Crippen molar-refractivity contribution in [1.29, 1.82) is 0 Å². The minimum absolute atomic E-state index is 0.298. The van der Waals surface area contributed by atoms with Crippen LogP contribution in [0, 0.1) is 11.8 Å². The first-order valence-electron chi connectivity index (χ1n) is 6.95. The maximum absolute atomic E-state index is 12.2. The van der Waals surface area contributed by atoms with Gasteiger partial charge in [-0.15, -0.1) is 0 Å². The molecule has 1 amide bonds. The van der Waals surface area contributed by atoms with Crippen molar-refractivity contribution in [2.24, 2.45) is 11.8 Å². The summed E-state index contributed by atoms with van der Waals surface area (Å²) in [5.74, 6) is 1.24. The summed E-state index contributed by atoms with van der Waals surface area (Å²) in [4.78, 5) is 16.4. The molecule has 1 saturated heterocycles. The van der Waals surface area contributed by atoms with Crippen molar-refractivity contribution in [3.63, 3.8) is 0 Å². The number of halogens is 1. The quantitative estimate of drug-likeness (QED) is 0.830. The zero-order chi connectivity index (χ0) is 13.4. The Bertz CT molecular complexity index is 483. The van der Waals surface area contributed by atoms with E-state index in [0.29, 0.717) is 17.7 Å². The van der Waals surface area contributed by atoms with Crippen LogP contribution in [0.15, 0.2) is 24.3 Å². The summed E-state index contributed by atoms with van der Waals surface area (Å²) in [6.45, 7) is 5.52. The van der Waals surface area contributed by atoms with E-state index in [1.54, 1.807) is 0 Å². The van der Waals surface area contributed by atoms with Gasteiger partial charge in [-0.1, -0.05) is 30.7 Å². The van der Waals surface area contributed by atoms with Gasteiger partial charge in [-0.2, -0.15) is 0 Å². The van der Waals surface area contributed by atoms with Gasteiger partial charge in [0.15, 0.2) is 0 Å². The minimum atomic E-state index is 0.298. The average Bonchev–Trinajstić information content (AvgIpc) is 3.16. The van der Waals surface area contributed by atoms with E-state index in [4.69, 9.17) is 11.6 Å². The highest BCUT2D eigenvalue weighted by molar-refractivity contribution is 6.33. The van der Waals surface area contributed by atoms with Crippen molar-refractivity contribution >= 4 is 23.2 Å². The summed E-state index contributed by atoms with van der Waals surface area (Å²) in [7, 11) is 0. The maximum atomic E-state index is 12.2. The third-order valence-electron chi connectivity index (χ3n) is 4.21. The molecule has 1 aromatic rings. The fraction of sp³-hybridized carbons (Fsp3) is 0.533. The first kappa shape index (κ1) is 12.8. The molecule has 1 aliphatic heterocycles. The number of carbonyl (C=O) groups is 1. The molecule has 3 rings (SSSR count). The molecule has 2 atom stereocenters. The van der Waals surface area contributed by atoms with Gasteiger partial charge in [0, 0.05) is 32.1 Å². The molecular formula is C15H19ClN2O. The second-order valence-corrected chi connectivity index (χ2v) is 5.99. The molecule has 0 unspecified atom stereocenters. The molecule has 19 heavy (non-hydrogen) atoms. The van der Waals surface area contributed by atoms with Crippen molar-refractivity contribution in [3.05, 3.63) is 29.3 Å². The Kier molecular flexibility index (Phi) is 3.40. The third-order valence-corrected chi connectivity index (χ3v) is 4.53. The lowest BCUT2D eigenvalue weighted by Gasteiger charge is -2.36. The van der Waals surface area contributed by atoms with Gasteiger partial charge < -0.3 is 9.80 Å². The van der Waals surface area contributed by atoms with Crippen LogP contribution in [0.3, 0.4) is 0 Å². The number of carbonyl (C=O) groups excluding carboxylic acids is 1. The Hall–Kier alpha value is -1.22. The van der Waals surface area contributed by atoms with Crippen LogP contribution in [0.5, 0.6) is 0 Å². The first-order chi connectivity index (χ1) is 9.16. The molecule has 1 saturated carbocycles. The largest absolute Gasteiger partial charge is 0.367 e. The van der Waals surface area contributed by atoms with Gasteiger partial charge >= 0.3 is 0 Å². The number of hydrogen-bond acceptors (Lipinski definition) is 2. The Morgan fingerprint density at radius 1 is 1.21 bits per heavy atom. The predicted molar refractivity (Wildman–Crippen MR) is 77.5 cm³/mol. The molecule has 0 spiro atoms. The molecule has 1 aliphatic carbocycles. The van der Waals surface area contributed by atoms with E-state index in [-0.39, 0.29) is 0 Å². The van der Waals surface area contributed by atoms with Gasteiger partial charge in [0.25, 0.3) is 0 Å². The highest BCUT2D eigenvalue weighted by Gasteiger charge is 2.41. The minimum Gasteiger partial charge on any atom is -0.367 e. The van der Waals surface area contributed by atoms with Crippen LogP contribution in [-0.4, -0.2) is 37.0 Å². The summed E-state index contributed by atoms with van der Waals surface area (Å²) in [6.07, 6.45) is 1.07. The molecule has 2 aliphatic rings. The SMILES string of the molecule is C[C@@H]1C[C@@H]1C(=O)N1CCN(c2ccccc2Cl)CC1. The zero-order valence-electron chi connectivity index (χ0n) is 11.2. The van der Waals surface area contributed by atoms with E-state index in [9.17, 15) is 4.79 Å².